The van der Waals surface area contributed by atoms with Crippen LogP contribution in [0.3, 0.4) is 0 Å². The maximum atomic E-state index is 11.5. The predicted octanol–water partition coefficient (Wildman–Crippen LogP) is 4.22. The molecule has 0 unspecified atom stereocenters. The Morgan fingerprint density at radius 1 is 1.05 bits per heavy atom. The summed E-state index contributed by atoms with van der Waals surface area (Å²) in [6.45, 7) is 4.02. The molecule has 0 spiro atoms. The van der Waals surface area contributed by atoms with Crippen molar-refractivity contribution in [3.63, 3.8) is 0 Å². The SMILES string of the molecule is Cc1ccc(C)c(-c2cc(C(=O)O)c3ccccc3n2)c1. The fraction of sp³-hybridized carbons (Fsp3) is 0.111. The van der Waals surface area contributed by atoms with E-state index in [1.807, 2.05) is 50.2 Å². The number of carboxylic acids is 1. The second kappa shape index (κ2) is 5.02. The highest BCUT2D eigenvalue weighted by molar-refractivity contribution is 6.03. The number of aromatic carboxylic acids is 1. The molecular weight excluding hydrogens is 262 g/mol. The molecule has 0 fully saturated rings. The molecule has 0 bridgehead atoms. The lowest BCUT2D eigenvalue weighted by Gasteiger charge is -2.10. The van der Waals surface area contributed by atoms with Crippen molar-refractivity contribution in [2.45, 2.75) is 13.8 Å². The average molecular weight is 277 g/mol. The Hall–Kier alpha value is -2.68. The number of para-hydroxylation sites is 1. The number of fused-ring (bicyclic) bond motifs is 1. The molecule has 104 valence electrons. The molecule has 0 aliphatic rings. The molecule has 3 aromatic rings. The van der Waals surface area contributed by atoms with Gasteiger partial charge in [-0.2, -0.15) is 0 Å². The van der Waals surface area contributed by atoms with E-state index >= 15 is 0 Å². The number of hydrogen-bond acceptors (Lipinski definition) is 2. The standard InChI is InChI=1S/C18H15NO2/c1-11-7-8-12(2)14(9-11)17-10-15(18(20)21)13-5-3-4-6-16(13)19-17/h3-10H,1-2H3,(H,20,21). The first-order valence-corrected chi connectivity index (χ1v) is 6.77. The van der Waals surface area contributed by atoms with Crippen LogP contribution in [0.4, 0.5) is 0 Å². The fourth-order valence-corrected chi connectivity index (χ4v) is 2.50. The van der Waals surface area contributed by atoms with E-state index in [2.05, 4.69) is 4.98 Å². The molecule has 1 N–H and O–H groups in total. The van der Waals surface area contributed by atoms with E-state index in [0.29, 0.717) is 16.6 Å². The van der Waals surface area contributed by atoms with Crippen LogP contribution in [-0.2, 0) is 0 Å². The van der Waals surface area contributed by atoms with Crippen LogP contribution >= 0.6 is 0 Å². The number of nitrogens with zero attached hydrogens (tertiary/aromatic N) is 1. The number of carbonyl (C=O) groups is 1. The van der Waals surface area contributed by atoms with Gasteiger partial charge in [0.25, 0.3) is 0 Å². The van der Waals surface area contributed by atoms with Gasteiger partial charge in [0, 0.05) is 10.9 Å². The molecule has 0 atom stereocenters. The minimum atomic E-state index is -0.930. The molecule has 3 rings (SSSR count). The summed E-state index contributed by atoms with van der Waals surface area (Å²) < 4.78 is 0. The number of aryl methyl sites for hydroxylation is 2. The first kappa shape index (κ1) is 13.3. The summed E-state index contributed by atoms with van der Waals surface area (Å²) in [5.41, 5.74) is 4.88. The van der Waals surface area contributed by atoms with Gasteiger partial charge in [-0.1, -0.05) is 35.9 Å². The van der Waals surface area contributed by atoms with Gasteiger partial charge in [0.05, 0.1) is 16.8 Å². The van der Waals surface area contributed by atoms with Crippen molar-refractivity contribution in [3.05, 3.63) is 65.2 Å². The number of pyridine rings is 1. The number of rotatable bonds is 2. The molecular formula is C18H15NO2. The van der Waals surface area contributed by atoms with Crippen LogP contribution in [0.15, 0.2) is 48.5 Å². The van der Waals surface area contributed by atoms with E-state index in [1.165, 1.54) is 0 Å². The van der Waals surface area contributed by atoms with Crippen molar-refractivity contribution in [1.82, 2.24) is 4.98 Å². The molecule has 21 heavy (non-hydrogen) atoms. The van der Waals surface area contributed by atoms with Crippen molar-refractivity contribution in [2.24, 2.45) is 0 Å². The quantitative estimate of drug-likeness (QED) is 0.763. The molecule has 0 saturated carbocycles. The van der Waals surface area contributed by atoms with Crippen LogP contribution in [0.1, 0.15) is 21.5 Å². The summed E-state index contributed by atoms with van der Waals surface area (Å²) in [6.07, 6.45) is 0. The Kier molecular flexibility index (Phi) is 3.18. The van der Waals surface area contributed by atoms with Gasteiger partial charge in [-0.3, -0.25) is 0 Å². The topological polar surface area (TPSA) is 50.2 Å². The molecule has 0 amide bonds. The lowest BCUT2D eigenvalue weighted by Crippen LogP contribution is -2.00. The summed E-state index contributed by atoms with van der Waals surface area (Å²) in [5, 5.41) is 10.1. The van der Waals surface area contributed by atoms with Gasteiger partial charge < -0.3 is 5.11 Å². The van der Waals surface area contributed by atoms with Gasteiger partial charge in [-0.25, -0.2) is 9.78 Å². The van der Waals surface area contributed by atoms with E-state index in [0.717, 1.165) is 16.7 Å². The minimum Gasteiger partial charge on any atom is -0.478 e. The first-order chi connectivity index (χ1) is 10.1. The van der Waals surface area contributed by atoms with Crippen LogP contribution < -0.4 is 0 Å². The normalized spacial score (nSPS) is 10.8. The zero-order valence-corrected chi connectivity index (χ0v) is 11.9. The third-order valence-electron chi connectivity index (χ3n) is 3.62. The lowest BCUT2D eigenvalue weighted by atomic mass is 9.99. The third kappa shape index (κ3) is 2.38. The van der Waals surface area contributed by atoms with Gasteiger partial charge in [0.2, 0.25) is 0 Å². The smallest absolute Gasteiger partial charge is 0.336 e. The van der Waals surface area contributed by atoms with Gasteiger partial charge in [0.15, 0.2) is 0 Å². The largest absolute Gasteiger partial charge is 0.478 e. The molecule has 0 aliphatic heterocycles. The van der Waals surface area contributed by atoms with Crippen molar-refractivity contribution >= 4 is 16.9 Å². The maximum Gasteiger partial charge on any atom is 0.336 e. The van der Waals surface area contributed by atoms with Gasteiger partial charge in [0.1, 0.15) is 0 Å². The monoisotopic (exact) mass is 277 g/mol. The Bertz CT molecular complexity index is 853. The first-order valence-electron chi connectivity index (χ1n) is 6.77. The third-order valence-corrected chi connectivity index (χ3v) is 3.62. The van der Waals surface area contributed by atoms with Crippen molar-refractivity contribution < 1.29 is 9.90 Å². The number of aromatic nitrogens is 1. The van der Waals surface area contributed by atoms with E-state index in [-0.39, 0.29) is 5.56 Å². The Morgan fingerprint density at radius 2 is 1.81 bits per heavy atom. The van der Waals surface area contributed by atoms with E-state index in [9.17, 15) is 9.90 Å². The van der Waals surface area contributed by atoms with Gasteiger partial charge in [-0.05, 0) is 37.6 Å². The molecule has 0 saturated heterocycles. The van der Waals surface area contributed by atoms with Crippen molar-refractivity contribution in [2.75, 3.05) is 0 Å². The van der Waals surface area contributed by atoms with E-state index in [4.69, 9.17) is 0 Å². The minimum absolute atomic E-state index is 0.288. The van der Waals surface area contributed by atoms with Crippen molar-refractivity contribution in [1.29, 1.82) is 0 Å². The van der Waals surface area contributed by atoms with Crippen LogP contribution in [0.25, 0.3) is 22.2 Å². The Labute approximate surface area is 122 Å². The molecule has 3 nitrogen and oxygen atoms in total. The number of hydrogen-bond donors (Lipinski definition) is 1. The molecule has 1 aromatic heterocycles. The maximum absolute atomic E-state index is 11.5. The van der Waals surface area contributed by atoms with Crippen LogP contribution in [0.2, 0.25) is 0 Å². The average Bonchev–Trinajstić information content (AvgIpc) is 2.48. The molecule has 0 radical (unpaired) electrons. The van der Waals surface area contributed by atoms with Crippen LogP contribution in [0.5, 0.6) is 0 Å². The molecule has 2 aromatic carbocycles. The summed E-state index contributed by atoms with van der Waals surface area (Å²) in [4.78, 5) is 16.1. The van der Waals surface area contributed by atoms with Crippen LogP contribution in [0, 0.1) is 13.8 Å². The second-order valence-electron chi connectivity index (χ2n) is 5.20. The molecule has 0 aliphatic carbocycles. The zero-order chi connectivity index (χ0) is 15.0. The Morgan fingerprint density at radius 3 is 2.57 bits per heavy atom. The van der Waals surface area contributed by atoms with Gasteiger partial charge in [-0.15, -0.1) is 0 Å². The van der Waals surface area contributed by atoms with Crippen molar-refractivity contribution in [3.8, 4) is 11.3 Å². The Balaban J connectivity index is 2.33. The fourth-order valence-electron chi connectivity index (χ4n) is 2.50. The summed E-state index contributed by atoms with van der Waals surface area (Å²) in [5.74, 6) is -0.930. The second-order valence-corrected chi connectivity index (χ2v) is 5.20. The summed E-state index contributed by atoms with van der Waals surface area (Å²) in [7, 11) is 0. The number of carboxylic acid groups (broad SMARTS) is 1. The molecule has 3 heteroatoms. The van der Waals surface area contributed by atoms with E-state index < -0.39 is 5.97 Å². The van der Waals surface area contributed by atoms with Crippen LogP contribution in [-0.4, -0.2) is 16.1 Å². The van der Waals surface area contributed by atoms with E-state index in [1.54, 1.807) is 12.1 Å². The molecule has 1 heterocycles. The van der Waals surface area contributed by atoms with Gasteiger partial charge >= 0.3 is 5.97 Å². The zero-order valence-electron chi connectivity index (χ0n) is 11.9. The predicted molar refractivity (Wildman–Crippen MR) is 83.6 cm³/mol. The lowest BCUT2D eigenvalue weighted by molar-refractivity contribution is 0.0699. The summed E-state index contributed by atoms with van der Waals surface area (Å²) in [6, 6.07) is 15.1. The highest BCUT2D eigenvalue weighted by atomic mass is 16.4. The number of benzene rings is 2. The summed E-state index contributed by atoms with van der Waals surface area (Å²) >= 11 is 0. The highest BCUT2D eigenvalue weighted by Gasteiger charge is 2.13. The highest BCUT2D eigenvalue weighted by Crippen LogP contribution is 2.27.